The third-order valence-corrected chi connectivity index (χ3v) is 4.55. The second-order valence-corrected chi connectivity index (χ2v) is 6.83. The summed E-state index contributed by atoms with van der Waals surface area (Å²) < 4.78 is 0. The third-order valence-electron chi connectivity index (χ3n) is 4.55. The summed E-state index contributed by atoms with van der Waals surface area (Å²) >= 11 is 0. The zero-order valence-corrected chi connectivity index (χ0v) is 14.8. The second-order valence-electron chi connectivity index (χ2n) is 6.83. The molecular formula is C21H28O2. The molecular weight excluding hydrogens is 284 g/mol. The highest BCUT2D eigenvalue weighted by Gasteiger charge is 2.24. The van der Waals surface area contributed by atoms with Crippen LogP contribution in [-0.2, 0) is 0 Å². The fraction of sp³-hybridized carbons (Fsp3) is 0.429. The number of phenols is 2. The summed E-state index contributed by atoms with van der Waals surface area (Å²) in [7, 11) is 0. The SMILES string of the molecule is CCC(c1cccc(O)c1C(C)C)c1cccc(O)c1C(C)C. The van der Waals surface area contributed by atoms with Gasteiger partial charge in [-0.25, -0.2) is 0 Å². The van der Waals surface area contributed by atoms with Gasteiger partial charge in [-0.2, -0.15) is 0 Å². The lowest BCUT2D eigenvalue weighted by molar-refractivity contribution is 0.460. The quantitative estimate of drug-likeness (QED) is 0.723. The fourth-order valence-electron chi connectivity index (χ4n) is 3.61. The fourth-order valence-corrected chi connectivity index (χ4v) is 3.61. The van der Waals surface area contributed by atoms with Gasteiger partial charge in [0.05, 0.1) is 0 Å². The number of phenolic OH excluding ortho intramolecular Hbond substituents is 2. The molecule has 0 saturated carbocycles. The Kier molecular flexibility index (Phi) is 5.35. The number of aromatic hydroxyl groups is 2. The lowest BCUT2D eigenvalue weighted by Crippen LogP contribution is -2.09. The molecule has 0 aliphatic carbocycles. The summed E-state index contributed by atoms with van der Waals surface area (Å²) in [6.45, 7) is 10.6. The molecule has 2 heteroatoms. The minimum Gasteiger partial charge on any atom is -0.508 e. The highest BCUT2D eigenvalue weighted by atomic mass is 16.3. The standard InChI is InChI=1S/C21H28O2/c1-6-15(16-9-7-11-18(22)20(16)13(2)3)17-10-8-12-19(23)21(17)14(4)5/h7-15,22-23H,6H2,1-5H3. The van der Waals surface area contributed by atoms with Crippen LogP contribution in [0.5, 0.6) is 11.5 Å². The van der Waals surface area contributed by atoms with Crippen LogP contribution in [0.3, 0.4) is 0 Å². The molecule has 124 valence electrons. The van der Waals surface area contributed by atoms with Crippen LogP contribution >= 0.6 is 0 Å². The largest absolute Gasteiger partial charge is 0.508 e. The van der Waals surface area contributed by atoms with E-state index in [1.165, 1.54) is 0 Å². The van der Waals surface area contributed by atoms with Crippen LogP contribution < -0.4 is 0 Å². The van der Waals surface area contributed by atoms with Crippen LogP contribution in [0.1, 0.15) is 81.0 Å². The topological polar surface area (TPSA) is 40.5 Å². The first-order valence-electron chi connectivity index (χ1n) is 8.51. The van der Waals surface area contributed by atoms with E-state index in [1.54, 1.807) is 12.1 Å². The van der Waals surface area contributed by atoms with Gasteiger partial charge in [-0.05, 0) is 41.5 Å². The van der Waals surface area contributed by atoms with Gasteiger partial charge in [-0.15, -0.1) is 0 Å². The number of rotatable bonds is 5. The predicted octanol–water partition coefficient (Wildman–Crippen LogP) is 5.89. The first kappa shape index (κ1) is 17.4. The molecule has 0 heterocycles. The average Bonchev–Trinajstić information content (AvgIpc) is 2.47. The van der Waals surface area contributed by atoms with Crippen molar-refractivity contribution in [3.63, 3.8) is 0 Å². The first-order valence-corrected chi connectivity index (χ1v) is 8.51. The van der Waals surface area contributed by atoms with Crippen molar-refractivity contribution in [2.24, 2.45) is 0 Å². The third kappa shape index (κ3) is 3.36. The van der Waals surface area contributed by atoms with Gasteiger partial charge < -0.3 is 10.2 Å². The zero-order chi connectivity index (χ0) is 17.1. The molecule has 0 amide bonds. The number of hydrogen-bond donors (Lipinski definition) is 2. The van der Waals surface area contributed by atoms with Crippen molar-refractivity contribution in [2.75, 3.05) is 0 Å². The maximum atomic E-state index is 10.3. The molecule has 0 unspecified atom stereocenters. The molecule has 2 aromatic rings. The summed E-state index contributed by atoms with van der Waals surface area (Å²) in [5.41, 5.74) is 4.35. The molecule has 2 aromatic carbocycles. The van der Waals surface area contributed by atoms with Gasteiger partial charge in [-0.3, -0.25) is 0 Å². The molecule has 2 nitrogen and oxygen atoms in total. The zero-order valence-electron chi connectivity index (χ0n) is 14.8. The van der Waals surface area contributed by atoms with Crippen molar-refractivity contribution < 1.29 is 10.2 Å². The summed E-state index contributed by atoms with van der Waals surface area (Å²) in [5, 5.41) is 20.7. The van der Waals surface area contributed by atoms with E-state index < -0.39 is 0 Å². The number of hydrogen-bond acceptors (Lipinski definition) is 2. The monoisotopic (exact) mass is 312 g/mol. The molecule has 2 rings (SSSR count). The molecule has 23 heavy (non-hydrogen) atoms. The highest BCUT2D eigenvalue weighted by molar-refractivity contribution is 5.51. The Balaban J connectivity index is 2.68. The van der Waals surface area contributed by atoms with E-state index in [0.29, 0.717) is 11.5 Å². The van der Waals surface area contributed by atoms with E-state index in [4.69, 9.17) is 0 Å². The molecule has 2 N–H and O–H groups in total. The van der Waals surface area contributed by atoms with Crippen LogP contribution in [0.2, 0.25) is 0 Å². The Hall–Kier alpha value is -1.96. The van der Waals surface area contributed by atoms with Crippen LogP contribution in [-0.4, -0.2) is 10.2 Å². The van der Waals surface area contributed by atoms with Gasteiger partial charge in [0.2, 0.25) is 0 Å². The smallest absolute Gasteiger partial charge is 0.119 e. The Morgan fingerprint density at radius 3 is 1.43 bits per heavy atom. The van der Waals surface area contributed by atoms with Crippen molar-refractivity contribution >= 4 is 0 Å². The van der Waals surface area contributed by atoms with Gasteiger partial charge in [0, 0.05) is 17.0 Å². The van der Waals surface area contributed by atoms with E-state index in [1.807, 2.05) is 12.1 Å². The van der Waals surface area contributed by atoms with Gasteiger partial charge in [0.15, 0.2) is 0 Å². The highest BCUT2D eigenvalue weighted by Crippen LogP contribution is 2.42. The molecule has 0 atom stereocenters. The Labute approximate surface area is 139 Å². The minimum absolute atomic E-state index is 0.170. The van der Waals surface area contributed by atoms with Crippen molar-refractivity contribution in [1.29, 1.82) is 0 Å². The first-order chi connectivity index (χ1) is 10.9. The van der Waals surface area contributed by atoms with Crippen molar-refractivity contribution in [3.05, 3.63) is 58.7 Å². The lowest BCUT2D eigenvalue weighted by Gasteiger charge is -2.26. The van der Waals surface area contributed by atoms with E-state index in [2.05, 4.69) is 46.8 Å². The minimum atomic E-state index is 0.170. The maximum Gasteiger partial charge on any atom is 0.119 e. The predicted molar refractivity (Wildman–Crippen MR) is 96.5 cm³/mol. The average molecular weight is 312 g/mol. The molecule has 0 aliphatic rings. The Morgan fingerprint density at radius 1 is 0.739 bits per heavy atom. The Morgan fingerprint density at radius 2 is 1.13 bits per heavy atom. The van der Waals surface area contributed by atoms with E-state index in [9.17, 15) is 10.2 Å². The van der Waals surface area contributed by atoms with Crippen LogP contribution in [0.15, 0.2) is 36.4 Å². The van der Waals surface area contributed by atoms with Crippen molar-refractivity contribution in [3.8, 4) is 11.5 Å². The van der Waals surface area contributed by atoms with Crippen LogP contribution in [0.4, 0.5) is 0 Å². The van der Waals surface area contributed by atoms with Crippen molar-refractivity contribution in [1.82, 2.24) is 0 Å². The molecule has 0 radical (unpaired) electrons. The molecule has 0 fully saturated rings. The van der Waals surface area contributed by atoms with Gasteiger partial charge >= 0.3 is 0 Å². The van der Waals surface area contributed by atoms with Gasteiger partial charge in [-0.1, -0.05) is 58.9 Å². The van der Waals surface area contributed by atoms with Crippen LogP contribution in [0, 0.1) is 0 Å². The van der Waals surface area contributed by atoms with Gasteiger partial charge in [0.1, 0.15) is 11.5 Å². The molecule has 0 aromatic heterocycles. The molecule has 0 saturated heterocycles. The summed E-state index contributed by atoms with van der Waals surface area (Å²) in [6.07, 6.45) is 0.923. The number of benzene rings is 2. The second kappa shape index (κ2) is 7.08. The van der Waals surface area contributed by atoms with Crippen molar-refractivity contribution in [2.45, 2.75) is 58.8 Å². The molecule has 0 spiro atoms. The van der Waals surface area contributed by atoms with E-state index >= 15 is 0 Å². The summed E-state index contributed by atoms with van der Waals surface area (Å²) in [4.78, 5) is 0. The lowest BCUT2D eigenvalue weighted by atomic mass is 9.79. The maximum absolute atomic E-state index is 10.3. The molecule has 0 bridgehead atoms. The van der Waals surface area contributed by atoms with E-state index in [-0.39, 0.29) is 17.8 Å². The summed E-state index contributed by atoms with van der Waals surface area (Å²) in [6, 6.07) is 11.6. The summed E-state index contributed by atoms with van der Waals surface area (Å²) in [5.74, 6) is 1.40. The van der Waals surface area contributed by atoms with Gasteiger partial charge in [0.25, 0.3) is 0 Å². The molecule has 0 aliphatic heterocycles. The van der Waals surface area contributed by atoms with Crippen LogP contribution in [0.25, 0.3) is 0 Å². The van der Waals surface area contributed by atoms with E-state index in [0.717, 1.165) is 28.7 Å². The Bertz CT molecular complexity index is 614. The normalized spacial score (nSPS) is 11.7.